The fraction of sp³-hybridized carbons (Fsp3) is 0.200. The maximum atomic E-state index is 13.2. The molecule has 128 valence electrons. The third kappa shape index (κ3) is 4.06. The smallest absolute Gasteiger partial charge is 0.295 e. The van der Waals surface area contributed by atoms with Crippen LogP contribution in [0, 0.1) is 15.9 Å². The SMILES string of the molecule is CCC(Nc1ccc(F)cc1[N+](=O)[O-])c1cccc(S(N)(=O)=O)c1. The zero-order valence-electron chi connectivity index (χ0n) is 12.8. The lowest BCUT2D eigenvalue weighted by atomic mass is 10.0. The molecule has 0 bridgehead atoms. The van der Waals surface area contributed by atoms with Gasteiger partial charge in [-0.1, -0.05) is 19.1 Å². The van der Waals surface area contributed by atoms with E-state index in [9.17, 15) is 22.9 Å². The summed E-state index contributed by atoms with van der Waals surface area (Å²) in [5.41, 5.74) is 0.355. The fourth-order valence-corrected chi connectivity index (χ4v) is 2.86. The second-order valence-corrected chi connectivity index (χ2v) is 6.70. The van der Waals surface area contributed by atoms with Gasteiger partial charge in [0.2, 0.25) is 10.0 Å². The van der Waals surface area contributed by atoms with Crippen molar-refractivity contribution >= 4 is 21.4 Å². The van der Waals surface area contributed by atoms with E-state index >= 15 is 0 Å². The van der Waals surface area contributed by atoms with Crippen LogP contribution in [0.4, 0.5) is 15.8 Å². The molecule has 1 atom stereocenters. The van der Waals surface area contributed by atoms with E-state index in [1.807, 2.05) is 6.92 Å². The van der Waals surface area contributed by atoms with Gasteiger partial charge in [0.05, 0.1) is 21.9 Å². The van der Waals surface area contributed by atoms with Gasteiger partial charge >= 0.3 is 0 Å². The van der Waals surface area contributed by atoms with Gasteiger partial charge in [0.15, 0.2) is 0 Å². The van der Waals surface area contributed by atoms with Gasteiger partial charge in [0, 0.05) is 0 Å². The second-order valence-electron chi connectivity index (χ2n) is 5.14. The summed E-state index contributed by atoms with van der Waals surface area (Å²) >= 11 is 0. The summed E-state index contributed by atoms with van der Waals surface area (Å²) < 4.78 is 36.1. The van der Waals surface area contributed by atoms with Crippen LogP contribution < -0.4 is 10.5 Å². The maximum absolute atomic E-state index is 13.2. The van der Waals surface area contributed by atoms with E-state index in [4.69, 9.17) is 5.14 Å². The summed E-state index contributed by atoms with van der Waals surface area (Å²) in [4.78, 5) is 10.3. The number of nitro groups is 1. The van der Waals surface area contributed by atoms with Crippen molar-refractivity contribution in [2.45, 2.75) is 24.3 Å². The van der Waals surface area contributed by atoms with Crippen LogP contribution >= 0.6 is 0 Å². The van der Waals surface area contributed by atoms with Gasteiger partial charge in [-0.3, -0.25) is 10.1 Å². The van der Waals surface area contributed by atoms with E-state index in [0.717, 1.165) is 12.1 Å². The van der Waals surface area contributed by atoms with Crippen LogP contribution in [0.15, 0.2) is 47.4 Å². The topological polar surface area (TPSA) is 115 Å². The van der Waals surface area contributed by atoms with E-state index < -0.39 is 32.5 Å². The number of anilines is 1. The molecule has 3 N–H and O–H groups in total. The summed E-state index contributed by atoms with van der Waals surface area (Å²) in [5, 5.41) is 19.1. The summed E-state index contributed by atoms with van der Waals surface area (Å²) in [5.74, 6) is -0.712. The minimum atomic E-state index is -3.85. The predicted octanol–water partition coefficient (Wildman–Crippen LogP) is 2.94. The second kappa shape index (κ2) is 6.93. The molecule has 0 fully saturated rings. The normalized spacial score (nSPS) is 12.6. The highest BCUT2D eigenvalue weighted by Gasteiger charge is 2.19. The van der Waals surface area contributed by atoms with Crippen molar-refractivity contribution in [3.05, 3.63) is 64.0 Å². The number of halogens is 1. The van der Waals surface area contributed by atoms with Crippen molar-refractivity contribution in [2.75, 3.05) is 5.32 Å². The van der Waals surface area contributed by atoms with Crippen LogP contribution in [0.5, 0.6) is 0 Å². The lowest BCUT2D eigenvalue weighted by Crippen LogP contribution is -2.15. The van der Waals surface area contributed by atoms with Gasteiger partial charge in [-0.15, -0.1) is 0 Å². The molecule has 2 aromatic carbocycles. The molecule has 0 aromatic heterocycles. The highest BCUT2D eigenvalue weighted by molar-refractivity contribution is 7.89. The van der Waals surface area contributed by atoms with E-state index in [2.05, 4.69) is 5.32 Å². The standard InChI is InChI=1S/C15H16FN3O4S/c1-2-13(10-4-3-5-12(8-10)24(17,22)23)18-14-7-6-11(16)9-15(14)19(20)21/h3-9,13,18H,2H2,1H3,(H2,17,22,23). The molecule has 0 radical (unpaired) electrons. The van der Waals surface area contributed by atoms with Crippen LogP contribution in [0.3, 0.4) is 0 Å². The Morgan fingerprint density at radius 2 is 2.00 bits per heavy atom. The molecule has 0 saturated heterocycles. The molecule has 1 unspecified atom stereocenters. The third-order valence-corrected chi connectivity index (χ3v) is 4.39. The van der Waals surface area contributed by atoms with Crippen molar-refractivity contribution in [1.82, 2.24) is 0 Å². The Morgan fingerprint density at radius 3 is 2.58 bits per heavy atom. The van der Waals surface area contributed by atoms with Gasteiger partial charge in [0.1, 0.15) is 11.5 Å². The van der Waals surface area contributed by atoms with Crippen LogP contribution in [0.1, 0.15) is 24.9 Å². The molecule has 2 aromatic rings. The highest BCUT2D eigenvalue weighted by Crippen LogP contribution is 2.30. The molecular formula is C15H16FN3O4S. The minimum Gasteiger partial charge on any atom is -0.373 e. The number of nitrogens with two attached hydrogens (primary N) is 1. The Morgan fingerprint density at radius 1 is 1.29 bits per heavy atom. The fourth-order valence-electron chi connectivity index (χ4n) is 2.29. The number of benzene rings is 2. The molecule has 0 amide bonds. The Kier molecular flexibility index (Phi) is 5.15. The first-order valence-corrected chi connectivity index (χ1v) is 8.60. The molecule has 0 aliphatic carbocycles. The average molecular weight is 353 g/mol. The predicted molar refractivity (Wildman–Crippen MR) is 87.5 cm³/mol. The van der Waals surface area contributed by atoms with Crippen LogP contribution in [-0.4, -0.2) is 13.3 Å². The Hall–Kier alpha value is -2.52. The Bertz CT molecular complexity index is 871. The Balaban J connectivity index is 2.39. The number of hydrogen-bond donors (Lipinski definition) is 2. The van der Waals surface area contributed by atoms with E-state index in [1.54, 1.807) is 12.1 Å². The van der Waals surface area contributed by atoms with Gasteiger partial charge in [-0.25, -0.2) is 17.9 Å². The minimum absolute atomic E-state index is 0.0474. The molecule has 0 aliphatic heterocycles. The largest absolute Gasteiger partial charge is 0.373 e. The first kappa shape index (κ1) is 17.8. The summed E-state index contributed by atoms with van der Waals surface area (Å²) in [7, 11) is -3.85. The van der Waals surface area contributed by atoms with Crippen LogP contribution in [0.2, 0.25) is 0 Å². The number of primary sulfonamides is 1. The summed E-state index contributed by atoms with van der Waals surface area (Å²) in [6.45, 7) is 1.83. The zero-order chi connectivity index (χ0) is 17.9. The first-order valence-electron chi connectivity index (χ1n) is 7.05. The molecule has 9 heteroatoms. The average Bonchev–Trinajstić information content (AvgIpc) is 2.52. The van der Waals surface area contributed by atoms with E-state index in [1.165, 1.54) is 18.2 Å². The number of rotatable bonds is 6. The highest BCUT2D eigenvalue weighted by atomic mass is 32.2. The molecule has 7 nitrogen and oxygen atoms in total. The monoisotopic (exact) mass is 353 g/mol. The summed E-state index contributed by atoms with van der Waals surface area (Å²) in [6, 6.07) is 8.82. The van der Waals surface area contributed by atoms with Crippen LogP contribution in [0.25, 0.3) is 0 Å². The molecule has 0 saturated carbocycles. The van der Waals surface area contributed by atoms with Crippen molar-refractivity contribution in [3.63, 3.8) is 0 Å². The van der Waals surface area contributed by atoms with Crippen molar-refractivity contribution < 1.29 is 17.7 Å². The molecule has 0 aliphatic rings. The number of nitrogens with zero attached hydrogens (tertiary/aromatic N) is 1. The van der Waals surface area contributed by atoms with Crippen molar-refractivity contribution in [2.24, 2.45) is 5.14 Å². The first-order chi connectivity index (χ1) is 11.2. The number of sulfonamides is 1. The zero-order valence-corrected chi connectivity index (χ0v) is 13.6. The third-order valence-electron chi connectivity index (χ3n) is 3.48. The molecule has 0 spiro atoms. The molecular weight excluding hydrogens is 337 g/mol. The van der Waals surface area contributed by atoms with Gasteiger partial charge < -0.3 is 5.32 Å². The number of nitrogens with one attached hydrogen (secondary N) is 1. The molecule has 2 rings (SSSR count). The van der Waals surface area contributed by atoms with E-state index in [-0.39, 0.29) is 10.6 Å². The number of hydrogen-bond acceptors (Lipinski definition) is 5. The number of nitro benzene ring substituents is 1. The Labute approximate surface area is 138 Å². The van der Waals surface area contributed by atoms with Gasteiger partial charge in [0.25, 0.3) is 5.69 Å². The van der Waals surface area contributed by atoms with Crippen molar-refractivity contribution in [1.29, 1.82) is 0 Å². The van der Waals surface area contributed by atoms with Crippen molar-refractivity contribution in [3.8, 4) is 0 Å². The van der Waals surface area contributed by atoms with Gasteiger partial charge in [-0.05, 0) is 36.2 Å². The molecule has 0 heterocycles. The lowest BCUT2D eigenvalue weighted by Gasteiger charge is -2.19. The lowest BCUT2D eigenvalue weighted by molar-refractivity contribution is -0.384. The molecule has 24 heavy (non-hydrogen) atoms. The van der Waals surface area contributed by atoms with Crippen LogP contribution in [-0.2, 0) is 10.0 Å². The quantitative estimate of drug-likeness (QED) is 0.612. The van der Waals surface area contributed by atoms with Gasteiger partial charge in [-0.2, -0.15) is 0 Å². The van der Waals surface area contributed by atoms with E-state index in [0.29, 0.717) is 12.0 Å². The summed E-state index contributed by atoms with van der Waals surface area (Å²) in [6.07, 6.45) is 0.516. The maximum Gasteiger partial charge on any atom is 0.295 e.